The van der Waals surface area contributed by atoms with E-state index in [9.17, 15) is 4.79 Å². The number of ketones is 1. The van der Waals surface area contributed by atoms with Crippen molar-refractivity contribution in [2.45, 2.75) is 40.5 Å². The molecular weight excluding hydrogens is 428 g/mol. The number of nitrogens with zero attached hydrogens (tertiary/aromatic N) is 4. The van der Waals surface area contributed by atoms with E-state index in [4.69, 9.17) is 14.5 Å². The highest BCUT2D eigenvalue weighted by molar-refractivity contribution is 6.10. The van der Waals surface area contributed by atoms with E-state index in [1.54, 1.807) is 19.4 Å². The third-order valence-electron chi connectivity index (χ3n) is 6.36. The maximum atomic E-state index is 13.6. The largest absolute Gasteiger partial charge is 0.481 e. The zero-order chi connectivity index (χ0) is 24.4. The van der Waals surface area contributed by atoms with E-state index >= 15 is 0 Å². The molecule has 3 aromatic heterocycles. The SMILES string of the molecule is CCC(CC)C(=O)c1cn(-c2cc(OC)nc(OC)n2)c2cnc(-c3c(C)cccc3C)cc12. The van der Waals surface area contributed by atoms with Crippen molar-refractivity contribution >= 4 is 16.7 Å². The Labute approximate surface area is 199 Å². The van der Waals surface area contributed by atoms with E-state index in [1.165, 1.54) is 7.11 Å². The molecule has 0 amide bonds. The summed E-state index contributed by atoms with van der Waals surface area (Å²) in [6, 6.07) is 10.1. The van der Waals surface area contributed by atoms with E-state index in [0.29, 0.717) is 17.3 Å². The molecule has 0 N–H and O–H groups in total. The van der Waals surface area contributed by atoms with Crippen molar-refractivity contribution in [1.82, 2.24) is 19.5 Å². The normalized spacial score (nSPS) is 11.3. The summed E-state index contributed by atoms with van der Waals surface area (Å²) >= 11 is 0. The van der Waals surface area contributed by atoms with Gasteiger partial charge in [-0.3, -0.25) is 14.3 Å². The van der Waals surface area contributed by atoms with Crippen molar-refractivity contribution < 1.29 is 14.3 Å². The molecule has 0 radical (unpaired) electrons. The van der Waals surface area contributed by atoms with Crippen LogP contribution >= 0.6 is 0 Å². The number of hydrogen-bond donors (Lipinski definition) is 0. The van der Waals surface area contributed by atoms with Crippen LogP contribution in [0.3, 0.4) is 0 Å². The van der Waals surface area contributed by atoms with Gasteiger partial charge in [0.1, 0.15) is 5.82 Å². The molecule has 4 aromatic rings. The highest BCUT2D eigenvalue weighted by Crippen LogP contribution is 2.33. The van der Waals surface area contributed by atoms with Gasteiger partial charge in [-0.1, -0.05) is 32.0 Å². The molecule has 0 aliphatic heterocycles. The lowest BCUT2D eigenvalue weighted by molar-refractivity contribution is 0.0915. The molecule has 0 bridgehead atoms. The summed E-state index contributed by atoms with van der Waals surface area (Å²) in [5, 5.41) is 0.848. The Morgan fingerprint density at radius 3 is 2.35 bits per heavy atom. The minimum Gasteiger partial charge on any atom is -0.481 e. The number of carbonyl (C=O) groups excluding carboxylic acids is 1. The van der Waals surface area contributed by atoms with Crippen LogP contribution < -0.4 is 9.47 Å². The zero-order valence-corrected chi connectivity index (χ0v) is 20.5. The van der Waals surface area contributed by atoms with Gasteiger partial charge in [0.05, 0.1) is 31.6 Å². The molecule has 0 aliphatic carbocycles. The average Bonchev–Trinajstić information content (AvgIpc) is 3.23. The van der Waals surface area contributed by atoms with Gasteiger partial charge in [0.25, 0.3) is 0 Å². The van der Waals surface area contributed by atoms with Crippen molar-refractivity contribution in [2.24, 2.45) is 5.92 Å². The molecule has 0 saturated heterocycles. The first-order valence-corrected chi connectivity index (χ1v) is 11.5. The van der Waals surface area contributed by atoms with Gasteiger partial charge >= 0.3 is 6.01 Å². The quantitative estimate of drug-likeness (QED) is 0.314. The fourth-order valence-electron chi connectivity index (χ4n) is 4.46. The Bertz CT molecular complexity index is 1310. The van der Waals surface area contributed by atoms with Crippen LogP contribution in [0.4, 0.5) is 0 Å². The fourth-order valence-corrected chi connectivity index (χ4v) is 4.46. The molecule has 0 spiro atoms. The van der Waals surface area contributed by atoms with Crippen LogP contribution in [0.5, 0.6) is 11.9 Å². The second-order valence-corrected chi connectivity index (χ2v) is 8.40. The summed E-state index contributed by atoms with van der Waals surface area (Å²) in [4.78, 5) is 27.1. The Hall–Kier alpha value is -3.74. The van der Waals surface area contributed by atoms with Crippen molar-refractivity contribution in [1.29, 1.82) is 0 Å². The Morgan fingerprint density at radius 1 is 1.03 bits per heavy atom. The van der Waals surface area contributed by atoms with Crippen LogP contribution in [0.25, 0.3) is 28.0 Å². The minimum absolute atomic E-state index is 0.0506. The summed E-state index contributed by atoms with van der Waals surface area (Å²) in [5.74, 6) is 0.987. The number of methoxy groups -OCH3 is 2. The van der Waals surface area contributed by atoms with Crippen LogP contribution in [0.15, 0.2) is 42.7 Å². The predicted molar refractivity (Wildman–Crippen MR) is 133 cm³/mol. The first-order chi connectivity index (χ1) is 16.4. The number of aromatic nitrogens is 4. The maximum absolute atomic E-state index is 13.6. The molecule has 7 heteroatoms. The summed E-state index contributed by atoms with van der Waals surface area (Å²) in [6.07, 6.45) is 5.22. The van der Waals surface area contributed by atoms with Gasteiger partial charge in [-0.05, 0) is 43.9 Å². The van der Waals surface area contributed by atoms with Gasteiger partial charge in [-0.15, -0.1) is 0 Å². The number of fused-ring (bicyclic) bond motifs is 1. The highest BCUT2D eigenvalue weighted by atomic mass is 16.5. The standard InChI is InChI=1S/C27H30N4O3/c1-7-18(8-2)26(32)20-15-31(23-13-24(33-5)30-27(29-23)34-6)22-14-28-21(12-19(20)22)25-16(3)10-9-11-17(25)4/h9-15,18H,7-8H2,1-6H3. The van der Waals surface area contributed by atoms with Gasteiger partial charge in [0, 0.05) is 34.7 Å². The van der Waals surface area contributed by atoms with Crippen LogP contribution in [0.2, 0.25) is 0 Å². The summed E-state index contributed by atoms with van der Waals surface area (Å²) in [7, 11) is 3.05. The molecule has 34 heavy (non-hydrogen) atoms. The molecule has 1 aromatic carbocycles. The van der Waals surface area contributed by atoms with Gasteiger partial charge in [0.15, 0.2) is 5.78 Å². The molecule has 0 aliphatic rings. The van der Waals surface area contributed by atoms with Gasteiger partial charge in [0.2, 0.25) is 5.88 Å². The second kappa shape index (κ2) is 9.63. The highest BCUT2D eigenvalue weighted by Gasteiger charge is 2.24. The molecule has 7 nitrogen and oxygen atoms in total. The van der Waals surface area contributed by atoms with Crippen molar-refractivity contribution in [3.8, 4) is 29.0 Å². The lowest BCUT2D eigenvalue weighted by atomic mass is 9.92. The maximum Gasteiger partial charge on any atom is 0.321 e. The van der Waals surface area contributed by atoms with E-state index in [1.807, 2.05) is 22.9 Å². The van der Waals surface area contributed by atoms with Crippen LogP contribution in [-0.4, -0.2) is 39.5 Å². The van der Waals surface area contributed by atoms with Crippen molar-refractivity contribution in [3.63, 3.8) is 0 Å². The molecule has 0 saturated carbocycles. The molecule has 4 rings (SSSR count). The van der Waals surface area contributed by atoms with Crippen LogP contribution in [0.1, 0.15) is 48.2 Å². The smallest absolute Gasteiger partial charge is 0.321 e. The number of pyridine rings is 1. The van der Waals surface area contributed by atoms with E-state index < -0.39 is 0 Å². The van der Waals surface area contributed by atoms with Crippen molar-refractivity contribution in [2.75, 3.05) is 14.2 Å². The minimum atomic E-state index is -0.0506. The number of aryl methyl sites for hydroxylation is 2. The van der Waals surface area contributed by atoms with Crippen molar-refractivity contribution in [3.05, 3.63) is 59.4 Å². The predicted octanol–water partition coefficient (Wildman–Crippen LogP) is 5.74. The van der Waals surface area contributed by atoms with E-state index in [-0.39, 0.29) is 17.7 Å². The van der Waals surface area contributed by atoms with E-state index in [0.717, 1.165) is 46.1 Å². The zero-order valence-electron chi connectivity index (χ0n) is 20.5. The number of Topliss-reactive ketones (excluding diaryl/α,β-unsaturated/α-hetero) is 1. The molecule has 0 fully saturated rings. The van der Waals surface area contributed by atoms with Gasteiger partial charge in [-0.2, -0.15) is 9.97 Å². The summed E-state index contributed by atoms with van der Waals surface area (Å²) in [6.45, 7) is 8.26. The topological polar surface area (TPSA) is 79.1 Å². The monoisotopic (exact) mass is 458 g/mol. The fraction of sp³-hybridized carbons (Fsp3) is 0.333. The number of rotatable bonds is 8. The Balaban J connectivity index is 2.00. The summed E-state index contributed by atoms with van der Waals surface area (Å²) < 4.78 is 12.5. The third-order valence-corrected chi connectivity index (χ3v) is 6.36. The molecule has 0 unspecified atom stereocenters. The number of hydrogen-bond acceptors (Lipinski definition) is 6. The number of benzene rings is 1. The summed E-state index contributed by atoms with van der Waals surface area (Å²) in [5.41, 5.74) is 5.66. The lowest BCUT2D eigenvalue weighted by Gasteiger charge is -2.11. The first kappa shape index (κ1) is 23.4. The second-order valence-electron chi connectivity index (χ2n) is 8.40. The first-order valence-electron chi connectivity index (χ1n) is 11.5. The van der Waals surface area contributed by atoms with Crippen LogP contribution in [-0.2, 0) is 0 Å². The molecule has 176 valence electrons. The van der Waals surface area contributed by atoms with Gasteiger partial charge in [-0.25, -0.2) is 0 Å². The molecule has 3 heterocycles. The van der Waals surface area contributed by atoms with Gasteiger partial charge < -0.3 is 9.47 Å². The Kier molecular flexibility index (Phi) is 6.63. The number of carbonyl (C=O) groups is 1. The lowest BCUT2D eigenvalue weighted by Crippen LogP contribution is -2.12. The molecule has 0 atom stereocenters. The molecular formula is C27H30N4O3. The van der Waals surface area contributed by atoms with Crippen LogP contribution in [0, 0.1) is 19.8 Å². The average molecular weight is 459 g/mol. The Morgan fingerprint density at radius 2 is 1.74 bits per heavy atom. The van der Waals surface area contributed by atoms with E-state index in [2.05, 4.69) is 49.8 Å². The number of ether oxygens (including phenoxy) is 2. The third kappa shape index (κ3) is 4.14.